The summed E-state index contributed by atoms with van der Waals surface area (Å²) in [7, 11) is 0. The molecule has 0 aliphatic carbocycles. The maximum absolute atomic E-state index is 11.8. The van der Waals surface area contributed by atoms with E-state index >= 15 is 0 Å². The fourth-order valence-electron chi connectivity index (χ4n) is 1.21. The summed E-state index contributed by atoms with van der Waals surface area (Å²) >= 11 is 1.33. The molecule has 0 aliphatic rings. The van der Waals surface area contributed by atoms with Gasteiger partial charge in [-0.3, -0.25) is 9.78 Å². The molecule has 2 aromatic heterocycles. The van der Waals surface area contributed by atoms with Crippen LogP contribution in [0.4, 0.5) is 0 Å². The van der Waals surface area contributed by atoms with Gasteiger partial charge in [0, 0.05) is 25.1 Å². The summed E-state index contributed by atoms with van der Waals surface area (Å²) in [5, 5.41) is 0. The van der Waals surface area contributed by atoms with Crippen LogP contribution in [0.2, 0.25) is 0 Å². The van der Waals surface area contributed by atoms with E-state index in [1.54, 1.807) is 24.1 Å². The van der Waals surface area contributed by atoms with E-state index in [0.29, 0.717) is 10.7 Å². The lowest BCUT2D eigenvalue weighted by molar-refractivity contribution is 0.102. The Hall–Kier alpha value is -1.49. The van der Waals surface area contributed by atoms with Crippen LogP contribution in [0.5, 0.6) is 0 Å². The van der Waals surface area contributed by atoms with Gasteiger partial charge in [0.15, 0.2) is 5.82 Å². The van der Waals surface area contributed by atoms with E-state index in [9.17, 15) is 4.79 Å². The number of ketones is 1. The average molecular weight is 207 g/mol. The minimum absolute atomic E-state index is 0.0562. The van der Waals surface area contributed by atoms with Crippen molar-refractivity contribution in [1.82, 2.24) is 14.5 Å². The zero-order valence-electron chi connectivity index (χ0n) is 7.67. The van der Waals surface area contributed by atoms with Gasteiger partial charge in [0.2, 0.25) is 5.78 Å². The summed E-state index contributed by atoms with van der Waals surface area (Å²) < 4.78 is 1.82. The Morgan fingerprint density at radius 1 is 1.64 bits per heavy atom. The van der Waals surface area contributed by atoms with Crippen LogP contribution < -0.4 is 0 Å². The molecule has 2 rings (SSSR count). The summed E-state index contributed by atoms with van der Waals surface area (Å²) in [5.41, 5.74) is 1.65. The largest absolute Gasteiger partial charge is 0.328 e. The molecule has 4 nitrogen and oxygen atoms in total. The topological polar surface area (TPSA) is 47.8 Å². The fourth-order valence-corrected chi connectivity index (χ4v) is 1.77. The number of aryl methyl sites for hydroxylation is 1. The molecule has 0 fully saturated rings. The molecular formula is C9H9N3OS. The zero-order chi connectivity index (χ0) is 9.97. The van der Waals surface area contributed by atoms with E-state index in [4.69, 9.17) is 0 Å². The van der Waals surface area contributed by atoms with Crippen LogP contribution in [-0.2, 0) is 6.54 Å². The van der Waals surface area contributed by atoms with Crippen molar-refractivity contribution < 1.29 is 4.79 Å². The Morgan fingerprint density at radius 3 is 3.14 bits per heavy atom. The average Bonchev–Trinajstić information content (AvgIpc) is 2.87. The first-order valence-corrected chi connectivity index (χ1v) is 5.15. The molecule has 0 radical (unpaired) electrons. The summed E-state index contributed by atoms with van der Waals surface area (Å²) in [6, 6.07) is 0. The van der Waals surface area contributed by atoms with E-state index in [1.165, 1.54) is 11.3 Å². The molecule has 0 aromatic carbocycles. The third-order valence-electron chi connectivity index (χ3n) is 1.92. The maximum atomic E-state index is 11.8. The van der Waals surface area contributed by atoms with Gasteiger partial charge in [-0.2, -0.15) is 0 Å². The first-order chi connectivity index (χ1) is 6.83. The molecule has 0 N–H and O–H groups in total. The summed E-state index contributed by atoms with van der Waals surface area (Å²) in [5.74, 6) is 0.427. The summed E-state index contributed by atoms with van der Waals surface area (Å²) in [4.78, 5) is 20.4. The maximum Gasteiger partial charge on any atom is 0.239 e. The Kier molecular flexibility index (Phi) is 2.41. The van der Waals surface area contributed by atoms with Gasteiger partial charge in [-0.1, -0.05) is 0 Å². The van der Waals surface area contributed by atoms with E-state index in [-0.39, 0.29) is 5.78 Å². The summed E-state index contributed by atoms with van der Waals surface area (Å²) in [6.45, 7) is 2.73. The van der Waals surface area contributed by atoms with Crippen LogP contribution in [0.1, 0.15) is 22.4 Å². The highest BCUT2D eigenvalue weighted by molar-refractivity contribution is 7.11. The molecule has 0 spiro atoms. The van der Waals surface area contributed by atoms with E-state index in [0.717, 1.165) is 6.54 Å². The Bertz CT molecular complexity index is 433. The third-order valence-corrected chi connectivity index (χ3v) is 2.69. The lowest BCUT2D eigenvalue weighted by Crippen LogP contribution is -2.09. The highest BCUT2D eigenvalue weighted by atomic mass is 32.1. The third kappa shape index (κ3) is 1.46. The molecule has 0 aliphatic heterocycles. The van der Waals surface area contributed by atoms with E-state index in [2.05, 4.69) is 9.97 Å². The zero-order valence-corrected chi connectivity index (χ0v) is 8.49. The van der Waals surface area contributed by atoms with Gasteiger partial charge in [0.05, 0.1) is 10.4 Å². The normalized spacial score (nSPS) is 10.4. The number of aromatic nitrogens is 3. The Labute approximate surface area is 85.2 Å². The SMILES string of the molecule is CCn1ccnc1C(=O)c1cncs1. The van der Waals surface area contributed by atoms with Crippen molar-refractivity contribution >= 4 is 17.1 Å². The molecule has 0 atom stereocenters. The van der Waals surface area contributed by atoms with E-state index in [1.807, 2.05) is 11.5 Å². The predicted octanol–water partition coefficient (Wildman–Crippen LogP) is 1.59. The molecule has 14 heavy (non-hydrogen) atoms. The van der Waals surface area contributed by atoms with Crippen molar-refractivity contribution in [3.8, 4) is 0 Å². The second-order valence-corrected chi connectivity index (χ2v) is 3.62. The van der Waals surface area contributed by atoms with Gasteiger partial charge in [-0.15, -0.1) is 11.3 Å². The van der Waals surface area contributed by atoms with Crippen LogP contribution >= 0.6 is 11.3 Å². The van der Waals surface area contributed by atoms with Gasteiger partial charge in [-0.25, -0.2) is 4.98 Å². The van der Waals surface area contributed by atoms with Crippen molar-refractivity contribution in [2.75, 3.05) is 0 Å². The molecule has 72 valence electrons. The molecule has 0 saturated carbocycles. The molecule has 0 bridgehead atoms. The summed E-state index contributed by atoms with van der Waals surface area (Å²) in [6.07, 6.45) is 5.01. The Morgan fingerprint density at radius 2 is 2.50 bits per heavy atom. The molecule has 2 aromatic rings. The van der Waals surface area contributed by atoms with Crippen molar-refractivity contribution in [2.24, 2.45) is 0 Å². The van der Waals surface area contributed by atoms with Gasteiger partial charge in [-0.05, 0) is 6.92 Å². The lowest BCUT2D eigenvalue weighted by atomic mass is 10.3. The van der Waals surface area contributed by atoms with Gasteiger partial charge in [0.25, 0.3) is 0 Å². The second kappa shape index (κ2) is 3.71. The predicted molar refractivity (Wildman–Crippen MR) is 53.4 cm³/mol. The number of hydrogen-bond acceptors (Lipinski definition) is 4. The van der Waals surface area contributed by atoms with Crippen LogP contribution in [0.15, 0.2) is 24.1 Å². The van der Waals surface area contributed by atoms with Crippen LogP contribution in [0.3, 0.4) is 0 Å². The quantitative estimate of drug-likeness (QED) is 0.718. The number of nitrogens with zero attached hydrogens (tertiary/aromatic N) is 3. The number of carbonyl (C=O) groups excluding carboxylic acids is 1. The van der Waals surface area contributed by atoms with Gasteiger partial charge < -0.3 is 4.57 Å². The van der Waals surface area contributed by atoms with Crippen LogP contribution in [-0.4, -0.2) is 20.3 Å². The second-order valence-electron chi connectivity index (χ2n) is 2.73. The van der Waals surface area contributed by atoms with Crippen molar-refractivity contribution in [1.29, 1.82) is 0 Å². The first kappa shape index (κ1) is 9.08. The number of thiazole rings is 1. The van der Waals surface area contributed by atoms with Crippen molar-refractivity contribution in [3.05, 3.63) is 34.8 Å². The first-order valence-electron chi connectivity index (χ1n) is 4.27. The monoisotopic (exact) mass is 207 g/mol. The highest BCUT2D eigenvalue weighted by Crippen LogP contribution is 2.11. The van der Waals surface area contributed by atoms with Crippen molar-refractivity contribution in [3.63, 3.8) is 0 Å². The molecule has 2 heterocycles. The van der Waals surface area contributed by atoms with Gasteiger partial charge >= 0.3 is 0 Å². The molecule has 0 saturated heterocycles. The minimum atomic E-state index is -0.0562. The molecular weight excluding hydrogens is 198 g/mol. The number of imidazole rings is 1. The highest BCUT2D eigenvalue weighted by Gasteiger charge is 2.15. The van der Waals surface area contributed by atoms with Crippen LogP contribution in [0, 0.1) is 0 Å². The smallest absolute Gasteiger partial charge is 0.239 e. The number of carbonyl (C=O) groups is 1. The standard InChI is InChI=1S/C9H9N3OS/c1-2-12-4-3-11-9(12)8(13)7-5-10-6-14-7/h3-6H,2H2,1H3. The van der Waals surface area contributed by atoms with Gasteiger partial charge in [0.1, 0.15) is 0 Å². The fraction of sp³-hybridized carbons (Fsp3) is 0.222. The molecule has 0 amide bonds. The lowest BCUT2D eigenvalue weighted by Gasteiger charge is -2.00. The number of rotatable bonds is 3. The Balaban J connectivity index is 2.36. The van der Waals surface area contributed by atoms with Crippen molar-refractivity contribution in [2.45, 2.75) is 13.5 Å². The molecule has 0 unspecified atom stereocenters. The van der Waals surface area contributed by atoms with Crippen LogP contribution in [0.25, 0.3) is 0 Å². The number of hydrogen-bond donors (Lipinski definition) is 0. The molecule has 5 heteroatoms. The van der Waals surface area contributed by atoms with E-state index < -0.39 is 0 Å². The minimum Gasteiger partial charge on any atom is -0.328 e.